The average molecular weight is 296 g/mol. The molecule has 3 rings (SSSR count). The minimum Gasteiger partial charge on any atom is -0.352 e. The SMILES string of the molecule is O=C1CCC(CS(=O)(=O)c2nc3ccccc3s2)N1. The van der Waals surface area contributed by atoms with Gasteiger partial charge in [-0.2, -0.15) is 0 Å². The van der Waals surface area contributed by atoms with Crippen molar-refractivity contribution in [3.63, 3.8) is 0 Å². The topological polar surface area (TPSA) is 76.1 Å². The number of aromatic nitrogens is 1. The maximum Gasteiger partial charge on any atom is 0.220 e. The van der Waals surface area contributed by atoms with Crippen molar-refractivity contribution in [3.05, 3.63) is 24.3 Å². The Balaban J connectivity index is 1.89. The van der Waals surface area contributed by atoms with Gasteiger partial charge in [0.1, 0.15) is 0 Å². The van der Waals surface area contributed by atoms with E-state index in [0.29, 0.717) is 18.4 Å². The lowest BCUT2D eigenvalue weighted by Gasteiger charge is -2.08. The molecule has 0 spiro atoms. The van der Waals surface area contributed by atoms with Crippen LogP contribution >= 0.6 is 11.3 Å². The third-order valence-corrected chi connectivity index (χ3v) is 6.35. The van der Waals surface area contributed by atoms with Crippen LogP contribution in [-0.2, 0) is 14.6 Å². The number of nitrogens with zero attached hydrogens (tertiary/aromatic N) is 1. The summed E-state index contributed by atoms with van der Waals surface area (Å²) in [6.45, 7) is 0. The average Bonchev–Trinajstić information content (AvgIpc) is 2.95. The predicted octanol–water partition coefficient (Wildman–Crippen LogP) is 1.35. The molecule has 7 heteroatoms. The first-order valence-electron chi connectivity index (χ1n) is 5.92. The number of nitrogens with one attached hydrogen (secondary N) is 1. The van der Waals surface area contributed by atoms with Crippen LogP contribution in [0.5, 0.6) is 0 Å². The van der Waals surface area contributed by atoms with Gasteiger partial charge in [-0.25, -0.2) is 13.4 Å². The normalized spacial score (nSPS) is 19.8. The van der Waals surface area contributed by atoms with Crippen LogP contribution in [0.2, 0.25) is 0 Å². The molecule has 0 radical (unpaired) electrons. The summed E-state index contributed by atoms with van der Waals surface area (Å²) in [7, 11) is -3.44. The number of carbonyl (C=O) groups excluding carboxylic acids is 1. The van der Waals surface area contributed by atoms with Gasteiger partial charge in [0.2, 0.25) is 20.1 Å². The summed E-state index contributed by atoms with van der Waals surface area (Å²) >= 11 is 1.18. The van der Waals surface area contributed by atoms with E-state index in [9.17, 15) is 13.2 Å². The summed E-state index contributed by atoms with van der Waals surface area (Å²) in [6, 6.07) is 7.04. The Morgan fingerprint density at radius 2 is 2.16 bits per heavy atom. The van der Waals surface area contributed by atoms with Crippen molar-refractivity contribution >= 4 is 37.3 Å². The Kier molecular flexibility index (Phi) is 3.02. The first kappa shape index (κ1) is 12.6. The van der Waals surface area contributed by atoms with Crippen LogP contribution < -0.4 is 5.32 Å². The number of hydrogen-bond donors (Lipinski definition) is 1. The third kappa shape index (κ3) is 2.48. The van der Waals surface area contributed by atoms with Crippen molar-refractivity contribution in [1.29, 1.82) is 0 Å². The molecule has 100 valence electrons. The quantitative estimate of drug-likeness (QED) is 0.927. The standard InChI is InChI=1S/C12H12N2O3S2/c15-11-6-5-8(13-11)7-19(16,17)12-14-9-3-1-2-4-10(9)18-12/h1-4,8H,5-7H2,(H,13,15). The zero-order valence-electron chi connectivity index (χ0n) is 10.00. The van der Waals surface area contributed by atoms with Crippen molar-refractivity contribution in [2.45, 2.75) is 23.2 Å². The Bertz CT molecular complexity index is 703. The number of fused-ring (bicyclic) bond motifs is 1. The molecule has 0 saturated carbocycles. The predicted molar refractivity (Wildman–Crippen MR) is 72.8 cm³/mol. The van der Waals surface area contributed by atoms with Crippen LogP contribution in [-0.4, -0.2) is 31.1 Å². The third-order valence-electron chi connectivity index (χ3n) is 3.05. The van der Waals surface area contributed by atoms with Gasteiger partial charge in [-0.05, 0) is 18.6 Å². The van der Waals surface area contributed by atoms with E-state index in [-0.39, 0.29) is 22.0 Å². The maximum atomic E-state index is 12.3. The second-order valence-corrected chi connectivity index (χ2v) is 7.77. The molecule has 0 bridgehead atoms. The molecule has 1 aromatic heterocycles. The molecule has 1 aliphatic rings. The molecule has 2 aromatic rings. The molecule has 1 aliphatic heterocycles. The van der Waals surface area contributed by atoms with Gasteiger partial charge in [-0.1, -0.05) is 12.1 Å². The fraction of sp³-hybridized carbons (Fsp3) is 0.333. The van der Waals surface area contributed by atoms with Crippen molar-refractivity contribution in [1.82, 2.24) is 10.3 Å². The Morgan fingerprint density at radius 1 is 1.37 bits per heavy atom. The number of sulfone groups is 1. The lowest BCUT2D eigenvalue weighted by Crippen LogP contribution is -2.32. The summed E-state index contributed by atoms with van der Waals surface area (Å²) < 4.78 is 25.5. The zero-order valence-corrected chi connectivity index (χ0v) is 11.6. The Hall–Kier alpha value is -1.47. The van der Waals surface area contributed by atoms with Crippen molar-refractivity contribution < 1.29 is 13.2 Å². The molecular formula is C12H12N2O3S2. The number of para-hydroxylation sites is 1. The van der Waals surface area contributed by atoms with Crippen molar-refractivity contribution in [2.75, 3.05) is 5.75 Å². The van der Waals surface area contributed by atoms with E-state index in [2.05, 4.69) is 10.3 Å². The Labute approximate surface area is 114 Å². The highest BCUT2D eigenvalue weighted by molar-refractivity contribution is 7.93. The van der Waals surface area contributed by atoms with Crippen LogP contribution in [0, 0.1) is 0 Å². The second kappa shape index (κ2) is 4.57. The highest BCUT2D eigenvalue weighted by atomic mass is 32.2. The van der Waals surface area contributed by atoms with E-state index in [4.69, 9.17) is 0 Å². The minimum absolute atomic E-state index is 0.0709. The number of carbonyl (C=O) groups is 1. The summed E-state index contributed by atoms with van der Waals surface area (Å²) in [5.41, 5.74) is 0.696. The van der Waals surface area contributed by atoms with Gasteiger partial charge in [-0.15, -0.1) is 11.3 Å². The van der Waals surface area contributed by atoms with Gasteiger partial charge < -0.3 is 5.32 Å². The number of thiazole rings is 1. The van der Waals surface area contributed by atoms with Gasteiger partial charge in [-0.3, -0.25) is 4.79 Å². The van der Waals surface area contributed by atoms with Crippen LogP contribution in [0.3, 0.4) is 0 Å². The first-order chi connectivity index (χ1) is 9.04. The van der Waals surface area contributed by atoms with Gasteiger partial charge >= 0.3 is 0 Å². The van der Waals surface area contributed by atoms with E-state index in [1.165, 1.54) is 11.3 Å². The maximum absolute atomic E-state index is 12.3. The smallest absolute Gasteiger partial charge is 0.220 e. The molecule has 1 saturated heterocycles. The van der Waals surface area contributed by atoms with Crippen molar-refractivity contribution in [3.8, 4) is 0 Å². The van der Waals surface area contributed by atoms with Gasteiger partial charge in [0.25, 0.3) is 0 Å². The largest absolute Gasteiger partial charge is 0.352 e. The molecular weight excluding hydrogens is 284 g/mol. The first-order valence-corrected chi connectivity index (χ1v) is 8.39. The number of rotatable bonds is 3. The van der Waals surface area contributed by atoms with Gasteiger partial charge in [0.15, 0.2) is 0 Å². The van der Waals surface area contributed by atoms with Crippen LogP contribution in [0.25, 0.3) is 10.2 Å². The lowest BCUT2D eigenvalue weighted by atomic mass is 10.2. The summed E-state index contributed by atoms with van der Waals surface area (Å²) in [6.07, 6.45) is 0.975. The number of benzene rings is 1. The Morgan fingerprint density at radius 3 is 2.84 bits per heavy atom. The number of hydrogen-bond acceptors (Lipinski definition) is 5. The van der Waals surface area contributed by atoms with Crippen LogP contribution in [0.15, 0.2) is 28.6 Å². The molecule has 19 heavy (non-hydrogen) atoms. The molecule has 1 amide bonds. The van der Waals surface area contributed by atoms with E-state index in [1.807, 2.05) is 18.2 Å². The van der Waals surface area contributed by atoms with Crippen molar-refractivity contribution in [2.24, 2.45) is 0 Å². The fourth-order valence-corrected chi connectivity index (χ4v) is 4.96. The van der Waals surface area contributed by atoms with E-state index in [1.54, 1.807) is 6.07 Å². The van der Waals surface area contributed by atoms with Gasteiger partial charge in [0, 0.05) is 12.5 Å². The molecule has 1 aromatic carbocycles. The van der Waals surface area contributed by atoms with Crippen LogP contribution in [0.4, 0.5) is 0 Å². The molecule has 1 unspecified atom stereocenters. The molecule has 1 N–H and O–H groups in total. The zero-order chi connectivity index (χ0) is 13.5. The van der Waals surface area contributed by atoms with E-state index in [0.717, 1.165) is 4.70 Å². The number of amides is 1. The highest BCUT2D eigenvalue weighted by Crippen LogP contribution is 2.26. The second-order valence-electron chi connectivity index (χ2n) is 4.53. The highest BCUT2D eigenvalue weighted by Gasteiger charge is 2.29. The molecule has 1 atom stereocenters. The summed E-state index contributed by atoms with van der Waals surface area (Å²) in [4.78, 5) is 15.3. The van der Waals surface area contributed by atoms with Gasteiger partial charge in [0.05, 0.1) is 16.0 Å². The summed E-state index contributed by atoms with van der Waals surface area (Å²) in [5, 5.41) is 2.67. The molecule has 1 fully saturated rings. The summed E-state index contributed by atoms with van der Waals surface area (Å²) in [5.74, 6) is -0.150. The van der Waals surface area contributed by atoms with E-state index < -0.39 is 9.84 Å². The fourth-order valence-electron chi connectivity index (χ4n) is 2.12. The van der Waals surface area contributed by atoms with Crippen LogP contribution in [0.1, 0.15) is 12.8 Å². The minimum atomic E-state index is -3.44. The van der Waals surface area contributed by atoms with E-state index >= 15 is 0 Å². The lowest BCUT2D eigenvalue weighted by molar-refractivity contribution is -0.119. The monoisotopic (exact) mass is 296 g/mol. The molecule has 0 aliphatic carbocycles. The molecule has 2 heterocycles. The molecule has 5 nitrogen and oxygen atoms in total.